The molecule has 0 fully saturated rings. The Morgan fingerprint density at radius 2 is 1.70 bits per heavy atom. The fourth-order valence-electron chi connectivity index (χ4n) is 5.46. The number of nitrogens with zero attached hydrogens (tertiary/aromatic N) is 3. The van der Waals surface area contributed by atoms with Crippen molar-refractivity contribution in [3.63, 3.8) is 0 Å². The van der Waals surface area contributed by atoms with Crippen molar-refractivity contribution in [3.8, 4) is 39.6 Å². The van der Waals surface area contributed by atoms with Crippen LogP contribution in [0.25, 0.3) is 38.9 Å². The highest BCUT2D eigenvalue weighted by Gasteiger charge is 2.23. The van der Waals surface area contributed by atoms with Crippen molar-refractivity contribution in [1.82, 2.24) is 14.4 Å². The molecule has 5 aromatic rings. The number of aromatic nitrogens is 3. The third kappa shape index (κ3) is 6.95. The van der Waals surface area contributed by atoms with Crippen LogP contribution in [0.3, 0.4) is 0 Å². The summed E-state index contributed by atoms with van der Waals surface area (Å²) in [5.74, 6) is 1.06. The first kappa shape index (κ1) is 33.8. The molecule has 5 rings (SSSR count). The molecular formula is C35H37Cl2N5O5. The van der Waals surface area contributed by atoms with E-state index < -0.39 is 0 Å². The van der Waals surface area contributed by atoms with Crippen LogP contribution in [0.1, 0.15) is 32.6 Å². The number of hydrogen-bond acceptors (Lipinski definition) is 8. The highest BCUT2D eigenvalue weighted by atomic mass is 35.5. The number of unbranched alkanes of at least 4 members (excludes halogenated alkanes) is 1. The third-order valence-corrected chi connectivity index (χ3v) is 8.76. The van der Waals surface area contributed by atoms with Gasteiger partial charge in [-0.2, -0.15) is 0 Å². The smallest absolute Gasteiger partial charge is 0.247 e. The average molecular weight is 679 g/mol. The molecule has 3 aromatic heterocycles. The fraction of sp³-hybridized carbons (Fsp3) is 0.286. The Morgan fingerprint density at radius 3 is 2.36 bits per heavy atom. The van der Waals surface area contributed by atoms with E-state index in [1.807, 2.05) is 41.8 Å². The maximum Gasteiger partial charge on any atom is 0.247 e. The Hall–Kier alpha value is -4.51. The summed E-state index contributed by atoms with van der Waals surface area (Å²) < 4.78 is 18.7. The van der Waals surface area contributed by atoms with Crippen molar-refractivity contribution in [2.24, 2.45) is 0 Å². The summed E-state index contributed by atoms with van der Waals surface area (Å²) in [5, 5.41) is 17.6. The van der Waals surface area contributed by atoms with E-state index in [1.165, 1.54) is 20.3 Å². The van der Waals surface area contributed by atoms with E-state index in [9.17, 15) is 9.90 Å². The Labute approximate surface area is 283 Å². The fourth-order valence-corrected chi connectivity index (χ4v) is 6.16. The number of carbonyl (C=O) groups is 1. The zero-order valence-corrected chi connectivity index (χ0v) is 28.2. The largest absolute Gasteiger partial charge is 0.496 e. The zero-order valence-electron chi connectivity index (χ0n) is 26.7. The molecule has 1 unspecified atom stereocenters. The second kappa shape index (κ2) is 14.9. The molecule has 0 bridgehead atoms. The molecule has 1 amide bonds. The summed E-state index contributed by atoms with van der Waals surface area (Å²) in [6, 6.07) is 9.19. The number of ether oxygens (including phenoxy) is 3. The third-order valence-electron chi connectivity index (χ3n) is 8.01. The zero-order chi connectivity index (χ0) is 33.7. The monoisotopic (exact) mass is 677 g/mol. The lowest BCUT2D eigenvalue weighted by Gasteiger charge is -2.18. The van der Waals surface area contributed by atoms with Gasteiger partial charge in [-0.3, -0.25) is 14.2 Å². The number of aliphatic hydroxyl groups excluding tert-OH is 1. The Kier molecular flexibility index (Phi) is 10.8. The number of benzene rings is 2. The highest BCUT2D eigenvalue weighted by Crippen LogP contribution is 2.47. The number of imidazole rings is 1. The van der Waals surface area contributed by atoms with E-state index in [0.717, 1.165) is 36.6 Å². The van der Waals surface area contributed by atoms with Gasteiger partial charge >= 0.3 is 0 Å². The molecule has 0 aliphatic carbocycles. The van der Waals surface area contributed by atoms with Crippen molar-refractivity contribution in [1.29, 1.82) is 0 Å². The summed E-state index contributed by atoms with van der Waals surface area (Å²) >= 11 is 13.6. The SMILES string of the molecule is C=CC(=O)Nc1cc(-c2cc3c(cn2)cc(-c2c(Cl)c(OC)cc(OC)c2Cl)c2nccn23)c(OC)cc1NCCCCC(O)CC. The van der Waals surface area contributed by atoms with E-state index in [1.54, 1.807) is 25.6 Å². The lowest BCUT2D eigenvalue weighted by atomic mass is 10.0. The van der Waals surface area contributed by atoms with E-state index in [-0.39, 0.29) is 12.0 Å². The lowest BCUT2D eigenvalue weighted by Crippen LogP contribution is -2.12. The van der Waals surface area contributed by atoms with Crippen LogP contribution in [0, 0.1) is 0 Å². The molecule has 0 spiro atoms. The molecule has 10 nitrogen and oxygen atoms in total. The van der Waals surface area contributed by atoms with Crippen molar-refractivity contribution in [2.75, 3.05) is 38.5 Å². The topological polar surface area (TPSA) is 119 Å². The first-order valence-corrected chi connectivity index (χ1v) is 15.9. The Bertz CT molecular complexity index is 1920. The Morgan fingerprint density at radius 1 is 0.979 bits per heavy atom. The molecule has 12 heteroatoms. The quantitative estimate of drug-likeness (QED) is 0.0798. The van der Waals surface area contributed by atoms with E-state index >= 15 is 0 Å². The van der Waals surface area contributed by atoms with E-state index in [2.05, 4.69) is 22.2 Å². The van der Waals surface area contributed by atoms with Crippen molar-refractivity contribution in [3.05, 3.63) is 71.6 Å². The molecule has 3 N–H and O–H groups in total. The maximum absolute atomic E-state index is 12.4. The first-order valence-electron chi connectivity index (χ1n) is 15.2. The number of carbonyl (C=O) groups excluding carboxylic acids is 1. The van der Waals surface area contributed by atoms with Gasteiger partial charge in [-0.15, -0.1) is 0 Å². The van der Waals surface area contributed by atoms with E-state index in [4.69, 9.17) is 42.4 Å². The number of amides is 1. The molecule has 0 radical (unpaired) electrons. The van der Waals surface area contributed by atoms with Gasteiger partial charge in [-0.1, -0.05) is 36.7 Å². The molecule has 47 heavy (non-hydrogen) atoms. The molecule has 0 aliphatic heterocycles. The normalized spacial score (nSPS) is 11.8. The van der Waals surface area contributed by atoms with Crippen LogP contribution < -0.4 is 24.8 Å². The van der Waals surface area contributed by atoms with Gasteiger partial charge in [-0.05, 0) is 50.0 Å². The number of aliphatic hydroxyl groups is 1. The molecule has 0 saturated carbocycles. The van der Waals surface area contributed by atoms with Crippen LogP contribution in [0.4, 0.5) is 11.4 Å². The number of rotatable bonds is 14. The molecule has 1 atom stereocenters. The summed E-state index contributed by atoms with van der Waals surface area (Å²) in [5.41, 5.74) is 5.18. The number of hydrogen-bond donors (Lipinski definition) is 3. The molecular weight excluding hydrogens is 641 g/mol. The minimum atomic E-state index is -0.346. The molecule has 0 saturated heterocycles. The summed E-state index contributed by atoms with van der Waals surface area (Å²) in [7, 11) is 4.65. The van der Waals surface area contributed by atoms with Crippen LogP contribution in [0.5, 0.6) is 17.2 Å². The van der Waals surface area contributed by atoms with Crippen molar-refractivity contribution < 1.29 is 24.1 Å². The van der Waals surface area contributed by atoms with Crippen molar-refractivity contribution in [2.45, 2.75) is 38.7 Å². The lowest BCUT2D eigenvalue weighted by molar-refractivity contribution is -0.111. The number of methoxy groups -OCH3 is 3. The van der Waals surface area contributed by atoms with Gasteiger partial charge in [-0.25, -0.2) is 4.98 Å². The summed E-state index contributed by atoms with van der Waals surface area (Å²) in [6.07, 6.45) is 9.44. The molecule has 2 aromatic carbocycles. The van der Waals surface area contributed by atoms with Gasteiger partial charge in [0.15, 0.2) is 0 Å². The highest BCUT2D eigenvalue weighted by molar-refractivity contribution is 6.41. The van der Waals surface area contributed by atoms with Gasteiger partial charge in [0.1, 0.15) is 22.9 Å². The van der Waals surface area contributed by atoms with Crippen molar-refractivity contribution >= 4 is 57.0 Å². The Balaban J connectivity index is 1.59. The predicted octanol–water partition coefficient (Wildman–Crippen LogP) is 8.03. The van der Waals surface area contributed by atoms with Crippen LogP contribution in [0.2, 0.25) is 10.0 Å². The van der Waals surface area contributed by atoms with Crippen LogP contribution >= 0.6 is 23.2 Å². The average Bonchev–Trinajstić information content (AvgIpc) is 3.59. The van der Waals surface area contributed by atoms with Crippen LogP contribution in [-0.4, -0.2) is 59.4 Å². The molecule has 246 valence electrons. The number of halogens is 2. The second-order valence-electron chi connectivity index (χ2n) is 10.9. The minimum Gasteiger partial charge on any atom is -0.496 e. The number of nitrogens with one attached hydrogen (secondary N) is 2. The van der Waals surface area contributed by atoms with Gasteiger partial charge in [0.2, 0.25) is 5.91 Å². The van der Waals surface area contributed by atoms with Gasteiger partial charge in [0.05, 0.1) is 60.1 Å². The summed E-state index contributed by atoms with van der Waals surface area (Å²) in [6.45, 7) is 6.22. The van der Waals surface area contributed by atoms with E-state index in [0.29, 0.717) is 73.2 Å². The molecule has 3 heterocycles. The maximum atomic E-state index is 12.4. The number of pyridine rings is 2. The van der Waals surface area contributed by atoms with Crippen LogP contribution in [-0.2, 0) is 4.79 Å². The standard InChI is InChI=1S/C35H37Cl2N5O5/c1-6-21(43)10-8-9-11-38-25-17-28(45-3)22(15-26(25)41-31(44)7-2)24-16-27-20(19-40-24)14-23(35-39-12-13-42(27)35)32-33(36)29(46-4)18-30(47-5)34(32)37/h7,12-19,21,38,43H,2,6,8-11H2,1,3-5H3,(H,41,44). The van der Waals surface area contributed by atoms with Gasteiger partial charge in [0, 0.05) is 59.3 Å². The van der Waals surface area contributed by atoms with Gasteiger partial charge in [0.25, 0.3) is 0 Å². The number of anilines is 2. The second-order valence-corrected chi connectivity index (χ2v) is 11.6. The number of fused-ring (bicyclic) bond motifs is 3. The van der Waals surface area contributed by atoms with Crippen LogP contribution in [0.15, 0.2) is 61.6 Å². The molecule has 0 aliphatic rings. The van der Waals surface area contributed by atoms with Gasteiger partial charge < -0.3 is 30.0 Å². The predicted molar refractivity (Wildman–Crippen MR) is 189 cm³/mol. The first-order chi connectivity index (χ1) is 22.7. The summed E-state index contributed by atoms with van der Waals surface area (Å²) in [4.78, 5) is 21.9. The minimum absolute atomic E-state index is 0.289.